The van der Waals surface area contributed by atoms with Crippen LogP contribution in [0, 0.1) is 0 Å². The topological polar surface area (TPSA) is 74.6 Å². The molecule has 0 atom stereocenters. The molecule has 3 aromatic rings. The Kier molecular flexibility index (Phi) is 3.96. The van der Waals surface area contributed by atoms with Gasteiger partial charge < -0.3 is 10.2 Å². The van der Waals surface area contributed by atoms with Crippen LogP contribution >= 0.6 is 0 Å². The van der Waals surface area contributed by atoms with Crippen LogP contribution in [-0.4, -0.2) is 10.2 Å². The molecule has 2 N–H and O–H groups in total. The lowest BCUT2D eigenvalue weighted by Gasteiger charge is -1.98. The number of benzene rings is 2. The molecular weight excluding hydrogens is 256 g/mol. The van der Waals surface area contributed by atoms with Crippen LogP contribution in [0.2, 0.25) is 0 Å². The highest BCUT2D eigenvalue weighted by Gasteiger charge is 2.17. The largest absolute Gasteiger partial charge is 0.501 e. The predicted molar refractivity (Wildman–Crippen MR) is 76.6 cm³/mol. The number of hydrogen-bond acceptors (Lipinski definition) is 4. The Hall–Kier alpha value is -2.88. The Morgan fingerprint density at radius 2 is 0.850 bits per heavy atom. The van der Waals surface area contributed by atoms with Crippen molar-refractivity contribution >= 4 is 0 Å². The van der Waals surface area contributed by atoms with Crippen molar-refractivity contribution in [3.8, 4) is 22.6 Å². The Bertz CT molecular complexity index is 687. The first-order chi connectivity index (χ1) is 9.61. The van der Waals surface area contributed by atoms with E-state index in [2.05, 4.69) is 48.5 Å². The maximum absolute atomic E-state index is 9.95. The fourth-order valence-electron chi connectivity index (χ4n) is 1.63. The van der Waals surface area contributed by atoms with Gasteiger partial charge in [-0.15, -0.1) is 0 Å². The maximum Gasteiger partial charge on any atom is 0.275 e. The second-order valence-corrected chi connectivity index (χ2v) is 4.09. The molecule has 0 fully saturated rings. The third-order valence-electron chi connectivity index (χ3n) is 2.74. The summed E-state index contributed by atoms with van der Waals surface area (Å²) in [5.41, 5.74) is 0.529. The third-order valence-corrected chi connectivity index (χ3v) is 2.74. The molecule has 0 bridgehead atoms. The highest BCUT2D eigenvalue weighted by molar-refractivity contribution is 5.62. The summed E-state index contributed by atoms with van der Waals surface area (Å²) in [4.78, 5) is 19.9. The minimum atomic E-state index is -1.01. The Balaban J connectivity index is 0.000000160. The van der Waals surface area contributed by atoms with Gasteiger partial charge in [-0.1, -0.05) is 60.7 Å². The number of hydrogen-bond donors (Lipinski definition) is 2. The monoisotopic (exact) mass is 268 g/mol. The quantitative estimate of drug-likeness (QED) is 0.662. The first-order valence-electron chi connectivity index (χ1n) is 5.93. The maximum atomic E-state index is 9.95. The van der Waals surface area contributed by atoms with Crippen molar-refractivity contribution in [2.45, 2.75) is 0 Å². The fourth-order valence-corrected chi connectivity index (χ4v) is 1.63. The smallest absolute Gasteiger partial charge is 0.275 e. The molecule has 0 aromatic heterocycles. The van der Waals surface area contributed by atoms with Gasteiger partial charge in [0.25, 0.3) is 10.9 Å². The van der Waals surface area contributed by atoms with Crippen molar-refractivity contribution in [1.29, 1.82) is 0 Å². The van der Waals surface area contributed by atoms with Crippen molar-refractivity contribution in [2.24, 2.45) is 0 Å². The third kappa shape index (κ3) is 2.75. The average molecular weight is 268 g/mol. The van der Waals surface area contributed by atoms with Gasteiger partial charge in [-0.3, -0.25) is 9.59 Å². The van der Waals surface area contributed by atoms with Crippen LogP contribution in [0.1, 0.15) is 0 Å². The van der Waals surface area contributed by atoms with E-state index in [9.17, 15) is 9.59 Å². The van der Waals surface area contributed by atoms with Crippen molar-refractivity contribution in [3.05, 3.63) is 81.1 Å². The molecule has 0 saturated heterocycles. The lowest BCUT2D eigenvalue weighted by Crippen LogP contribution is -2.28. The van der Waals surface area contributed by atoms with Gasteiger partial charge in [0.1, 0.15) is 0 Å². The highest BCUT2D eigenvalue weighted by atomic mass is 16.3. The van der Waals surface area contributed by atoms with Crippen LogP contribution < -0.4 is 10.9 Å². The van der Waals surface area contributed by atoms with Crippen LogP contribution in [0.5, 0.6) is 11.5 Å². The van der Waals surface area contributed by atoms with E-state index in [1.54, 1.807) is 0 Å². The molecule has 4 heteroatoms. The van der Waals surface area contributed by atoms with Gasteiger partial charge >= 0.3 is 0 Å². The molecular formula is C16H12O4. The zero-order valence-corrected chi connectivity index (χ0v) is 10.5. The molecule has 20 heavy (non-hydrogen) atoms. The van der Waals surface area contributed by atoms with E-state index >= 15 is 0 Å². The van der Waals surface area contributed by atoms with Crippen LogP contribution in [0.4, 0.5) is 0 Å². The number of rotatable bonds is 1. The van der Waals surface area contributed by atoms with E-state index in [-0.39, 0.29) is 0 Å². The molecule has 0 heterocycles. The Morgan fingerprint density at radius 3 is 1.10 bits per heavy atom. The number of aromatic hydroxyl groups is 2. The van der Waals surface area contributed by atoms with Gasteiger partial charge in [-0.2, -0.15) is 0 Å². The lowest BCUT2D eigenvalue weighted by molar-refractivity contribution is 0.384. The molecule has 0 saturated carbocycles. The zero-order chi connectivity index (χ0) is 14.5. The van der Waals surface area contributed by atoms with Gasteiger partial charge in [-0.25, -0.2) is 0 Å². The summed E-state index contributed by atoms with van der Waals surface area (Å²) in [7, 11) is 0. The SMILES string of the molecule is O=c1c(O)c(O)c1=O.c1ccc(-c2ccccc2)cc1. The Labute approximate surface area is 114 Å². The van der Waals surface area contributed by atoms with Crippen LogP contribution in [0.25, 0.3) is 11.1 Å². The van der Waals surface area contributed by atoms with Gasteiger partial charge in [0.2, 0.25) is 11.5 Å². The summed E-state index contributed by atoms with van der Waals surface area (Å²) in [5, 5.41) is 16.4. The first kappa shape index (κ1) is 13.5. The molecule has 0 aliphatic carbocycles. The minimum Gasteiger partial charge on any atom is -0.501 e. The fraction of sp³-hybridized carbons (Fsp3) is 0. The summed E-state index contributed by atoms with van der Waals surface area (Å²) in [6.07, 6.45) is 0. The molecule has 3 aromatic carbocycles. The average Bonchev–Trinajstić information content (AvgIpc) is 2.55. The van der Waals surface area contributed by atoms with Gasteiger partial charge in [-0.05, 0) is 11.1 Å². The molecule has 4 nitrogen and oxygen atoms in total. The predicted octanol–water partition coefficient (Wildman–Crippen LogP) is 2.05. The molecule has 0 spiro atoms. The van der Waals surface area contributed by atoms with E-state index in [4.69, 9.17) is 10.2 Å². The van der Waals surface area contributed by atoms with E-state index in [1.807, 2.05) is 12.1 Å². The van der Waals surface area contributed by atoms with Crippen LogP contribution in [0.3, 0.4) is 0 Å². The summed E-state index contributed by atoms with van der Waals surface area (Å²) in [6.45, 7) is 0. The summed E-state index contributed by atoms with van der Waals surface area (Å²) in [5.74, 6) is -1.65. The van der Waals surface area contributed by atoms with E-state index in [0.717, 1.165) is 0 Å². The summed E-state index contributed by atoms with van der Waals surface area (Å²) >= 11 is 0. The van der Waals surface area contributed by atoms with Crippen molar-refractivity contribution in [2.75, 3.05) is 0 Å². The first-order valence-corrected chi connectivity index (χ1v) is 5.93. The van der Waals surface area contributed by atoms with Crippen LogP contribution in [-0.2, 0) is 0 Å². The van der Waals surface area contributed by atoms with Gasteiger partial charge in [0.05, 0.1) is 0 Å². The van der Waals surface area contributed by atoms with E-state index in [1.165, 1.54) is 11.1 Å². The second kappa shape index (κ2) is 5.84. The normalized spacial score (nSPS) is 9.80. The van der Waals surface area contributed by atoms with Gasteiger partial charge in [0.15, 0.2) is 0 Å². The second-order valence-electron chi connectivity index (χ2n) is 4.09. The van der Waals surface area contributed by atoms with Crippen molar-refractivity contribution < 1.29 is 10.2 Å². The lowest BCUT2D eigenvalue weighted by atomic mass is 10.1. The highest BCUT2D eigenvalue weighted by Crippen LogP contribution is 2.17. The minimum absolute atomic E-state index is 0.824. The molecule has 100 valence electrons. The Morgan fingerprint density at radius 1 is 0.550 bits per heavy atom. The molecule has 0 radical (unpaired) electrons. The molecule has 0 aliphatic rings. The standard InChI is InChI=1S/C12H10.C4H2O4/c1-3-7-11(8-4-1)12-9-5-2-6-10-12;5-1-2(6)4(8)3(1)7/h1-10H;5-6H. The van der Waals surface area contributed by atoms with Crippen molar-refractivity contribution in [1.82, 2.24) is 0 Å². The van der Waals surface area contributed by atoms with Crippen molar-refractivity contribution in [3.63, 3.8) is 0 Å². The summed E-state index contributed by atoms with van der Waals surface area (Å²) < 4.78 is 0. The summed E-state index contributed by atoms with van der Waals surface area (Å²) in [6, 6.07) is 20.8. The molecule has 0 amide bonds. The molecule has 0 aliphatic heterocycles. The van der Waals surface area contributed by atoms with Crippen LogP contribution in [0.15, 0.2) is 70.3 Å². The van der Waals surface area contributed by atoms with Gasteiger partial charge in [0, 0.05) is 0 Å². The van der Waals surface area contributed by atoms with E-state index in [0.29, 0.717) is 0 Å². The molecule has 3 rings (SSSR count). The van der Waals surface area contributed by atoms with E-state index < -0.39 is 22.4 Å². The zero-order valence-electron chi connectivity index (χ0n) is 10.5. The molecule has 0 unspecified atom stereocenters.